The van der Waals surface area contributed by atoms with Crippen LogP contribution in [-0.2, 0) is 13.0 Å². The van der Waals surface area contributed by atoms with Crippen LogP contribution in [0.15, 0.2) is 4.79 Å². The molecule has 3 heterocycles. The first-order valence-electron chi connectivity index (χ1n) is 6.13. The fourth-order valence-corrected chi connectivity index (χ4v) is 2.51. The molecule has 2 aliphatic rings. The molecule has 0 spiro atoms. The van der Waals surface area contributed by atoms with Gasteiger partial charge in [-0.2, -0.15) is 4.98 Å². The highest BCUT2D eigenvalue weighted by atomic mass is 16.1. The Morgan fingerprint density at radius 3 is 2.76 bits per heavy atom. The lowest BCUT2D eigenvalue weighted by molar-refractivity contribution is 0.570. The highest BCUT2D eigenvalue weighted by Crippen LogP contribution is 2.21. The van der Waals surface area contributed by atoms with E-state index in [0.29, 0.717) is 0 Å². The molecule has 1 saturated heterocycles. The van der Waals surface area contributed by atoms with E-state index in [1.807, 2.05) is 0 Å². The van der Waals surface area contributed by atoms with E-state index in [1.54, 1.807) is 0 Å². The van der Waals surface area contributed by atoms with Crippen molar-refractivity contribution in [2.75, 3.05) is 37.6 Å². The molecule has 17 heavy (non-hydrogen) atoms. The maximum Gasteiger partial charge on any atom is 0.347 e. The number of fused-ring (bicyclic) bond motifs is 1. The number of aromatic amines is 1. The molecule has 0 saturated carbocycles. The third kappa shape index (κ3) is 2.05. The summed E-state index contributed by atoms with van der Waals surface area (Å²) in [6, 6.07) is 0. The lowest BCUT2D eigenvalue weighted by Gasteiger charge is -2.31. The van der Waals surface area contributed by atoms with Gasteiger partial charge in [0.05, 0.1) is 0 Å². The third-order valence-electron chi connectivity index (χ3n) is 3.37. The molecule has 0 aromatic carbocycles. The fraction of sp³-hybridized carbons (Fsp3) is 0.636. The van der Waals surface area contributed by atoms with Crippen molar-refractivity contribution >= 4 is 5.82 Å². The second kappa shape index (κ2) is 4.46. The van der Waals surface area contributed by atoms with Gasteiger partial charge in [0.1, 0.15) is 5.82 Å². The normalized spacial score (nSPS) is 20.1. The Labute approximate surface area is 99.4 Å². The summed E-state index contributed by atoms with van der Waals surface area (Å²) in [7, 11) is 0. The van der Waals surface area contributed by atoms with Crippen molar-refractivity contribution in [2.45, 2.75) is 13.0 Å². The van der Waals surface area contributed by atoms with Gasteiger partial charge in [-0.25, -0.2) is 4.79 Å². The topological polar surface area (TPSA) is 73.0 Å². The van der Waals surface area contributed by atoms with Gasteiger partial charge in [-0.15, -0.1) is 0 Å². The van der Waals surface area contributed by atoms with Crippen LogP contribution in [-0.4, -0.2) is 42.7 Å². The Hall–Kier alpha value is -1.40. The van der Waals surface area contributed by atoms with Crippen LogP contribution >= 0.6 is 0 Å². The van der Waals surface area contributed by atoms with Crippen molar-refractivity contribution in [3.05, 3.63) is 21.7 Å². The summed E-state index contributed by atoms with van der Waals surface area (Å²) in [5, 5.41) is 6.58. The van der Waals surface area contributed by atoms with Crippen LogP contribution in [0.3, 0.4) is 0 Å². The van der Waals surface area contributed by atoms with Crippen molar-refractivity contribution in [3.63, 3.8) is 0 Å². The van der Waals surface area contributed by atoms with Gasteiger partial charge in [-0.1, -0.05) is 0 Å². The zero-order valence-electron chi connectivity index (χ0n) is 9.75. The van der Waals surface area contributed by atoms with Crippen molar-refractivity contribution < 1.29 is 0 Å². The van der Waals surface area contributed by atoms with Crippen molar-refractivity contribution in [3.8, 4) is 0 Å². The van der Waals surface area contributed by atoms with Gasteiger partial charge in [0.2, 0.25) is 0 Å². The largest absolute Gasteiger partial charge is 0.354 e. The minimum absolute atomic E-state index is 0.235. The molecule has 0 amide bonds. The van der Waals surface area contributed by atoms with Gasteiger partial charge in [-0.05, 0) is 13.0 Å². The number of nitrogens with zero attached hydrogens (tertiary/aromatic N) is 2. The van der Waals surface area contributed by atoms with Gasteiger partial charge in [-0.3, -0.25) is 0 Å². The van der Waals surface area contributed by atoms with E-state index in [-0.39, 0.29) is 5.69 Å². The van der Waals surface area contributed by atoms with Gasteiger partial charge >= 0.3 is 5.69 Å². The van der Waals surface area contributed by atoms with E-state index in [2.05, 4.69) is 25.5 Å². The van der Waals surface area contributed by atoms with Gasteiger partial charge in [0.15, 0.2) is 0 Å². The zero-order valence-corrected chi connectivity index (χ0v) is 9.75. The van der Waals surface area contributed by atoms with Crippen LogP contribution in [0.25, 0.3) is 0 Å². The van der Waals surface area contributed by atoms with Crippen LogP contribution in [0.2, 0.25) is 0 Å². The first-order valence-corrected chi connectivity index (χ1v) is 6.13. The molecule has 1 fully saturated rings. The molecule has 6 nitrogen and oxygen atoms in total. The molecule has 0 bridgehead atoms. The molecule has 3 N–H and O–H groups in total. The van der Waals surface area contributed by atoms with E-state index in [9.17, 15) is 4.79 Å². The monoisotopic (exact) mass is 235 g/mol. The second-order valence-corrected chi connectivity index (χ2v) is 4.49. The SMILES string of the molecule is O=c1nc(N2CCNCC2)c2c([nH]1)CNCC2. The maximum absolute atomic E-state index is 11.6. The smallest absolute Gasteiger partial charge is 0.347 e. The molecule has 1 aromatic rings. The molecule has 6 heteroatoms. The molecule has 0 aliphatic carbocycles. The van der Waals surface area contributed by atoms with Crippen molar-refractivity contribution in [1.29, 1.82) is 0 Å². The number of hydrogen-bond acceptors (Lipinski definition) is 5. The van der Waals surface area contributed by atoms with Crippen molar-refractivity contribution in [1.82, 2.24) is 20.6 Å². The van der Waals surface area contributed by atoms with Crippen LogP contribution in [0.1, 0.15) is 11.3 Å². The number of piperazine rings is 1. The maximum atomic E-state index is 11.6. The molecule has 0 unspecified atom stereocenters. The molecule has 3 rings (SSSR count). The first kappa shape index (κ1) is 10.7. The Balaban J connectivity index is 2.01. The molecule has 0 radical (unpaired) electrons. The Bertz CT molecular complexity index is 463. The summed E-state index contributed by atoms with van der Waals surface area (Å²) in [6.07, 6.45) is 0.943. The summed E-state index contributed by atoms with van der Waals surface area (Å²) < 4.78 is 0. The zero-order chi connectivity index (χ0) is 11.7. The fourth-order valence-electron chi connectivity index (χ4n) is 2.51. The van der Waals surface area contributed by atoms with Crippen molar-refractivity contribution in [2.24, 2.45) is 0 Å². The summed E-state index contributed by atoms with van der Waals surface area (Å²) in [4.78, 5) is 20.8. The number of hydrogen-bond donors (Lipinski definition) is 3. The highest BCUT2D eigenvalue weighted by molar-refractivity contribution is 5.50. The second-order valence-electron chi connectivity index (χ2n) is 4.49. The van der Waals surface area contributed by atoms with E-state index in [4.69, 9.17) is 0 Å². The summed E-state index contributed by atoms with van der Waals surface area (Å²) in [5.74, 6) is 0.895. The highest BCUT2D eigenvalue weighted by Gasteiger charge is 2.21. The predicted octanol–water partition coefficient (Wildman–Crippen LogP) is -1.17. The van der Waals surface area contributed by atoms with E-state index >= 15 is 0 Å². The molecule has 0 atom stereocenters. The van der Waals surface area contributed by atoms with Gasteiger partial charge in [0, 0.05) is 44.0 Å². The summed E-state index contributed by atoms with van der Waals surface area (Å²) in [5.41, 5.74) is 1.98. The number of aromatic nitrogens is 2. The summed E-state index contributed by atoms with van der Waals surface area (Å²) in [6.45, 7) is 5.47. The van der Waals surface area contributed by atoms with Crippen LogP contribution in [0.4, 0.5) is 5.82 Å². The number of rotatable bonds is 1. The molecule has 2 aliphatic heterocycles. The molecular formula is C11H17N5O. The first-order chi connectivity index (χ1) is 8.34. The Morgan fingerprint density at radius 1 is 1.12 bits per heavy atom. The standard InChI is InChI=1S/C11H17N5O/c17-11-14-9-7-13-2-1-8(9)10(15-11)16-5-3-12-4-6-16/h12-13H,1-7H2,(H,14,15,17). The minimum Gasteiger partial charge on any atom is -0.354 e. The van der Waals surface area contributed by atoms with Crippen LogP contribution in [0, 0.1) is 0 Å². The molecular weight excluding hydrogens is 218 g/mol. The Kier molecular flexibility index (Phi) is 2.82. The van der Waals surface area contributed by atoms with Gasteiger partial charge in [0.25, 0.3) is 0 Å². The van der Waals surface area contributed by atoms with Crippen LogP contribution in [0.5, 0.6) is 0 Å². The van der Waals surface area contributed by atoms with E-state index < -0.39 is 0 Å². The lowest BCUT2D eigenvalue weighted by Crippen LogP contribution is -2.45. The molecule has 1 aromatic heterocycles. The minimum atomic E-state index is -0.235. The van der Waals surface area contributed by atoms with Gasteiger partial charge < -0.3 is 20.5 Å². The lowest BCUT2D eigenvalue weighted by atomic mass is 10.1. The quantitative estimate of drug-likeness (QED) is 0.572. The van der Waals surface area contributed by atoms with E-state index in [0.717, 1.165) is 57.2 Å². The number of nitrogens with one attached hydrogen (secondary N) is 3. The van der Waals surface area contributed by atoms with Crippen LogP contribution < -0.4 is 21.2 Å². The predicted molar refractivity (Wildman–Crippen MR) is 65.4 cm³/mol. The number of anilines is 1. The number of H-pyrrole nitrogens is 1. The average molecular weight is 235 g/mol. The third-order valence-corrected chi connectivity index (χ3v) is 3.37. The summed E-state index contributed by atoms with van der Waals surface area (Å²) >= 11 is 0. The average Bonchev–Trinajstić information content (AvgIpc) is 2.39. The Morgan fingerprint density at radius 2 is 1.94 bits per heavy atom. The molecule has 92 valence electrons. The van der Waals surface area contributed by atoms with E-state index in [1.165, 1.54) is 5.56 Å².